The maximum atomic E-state index is 13.4. The number of amides is 2. The zero-order chi connectivity index (χ0) is 23.5. The van der Waals surface area contributed by atoms with Gasteiger partial charge in [0.15, 0.2) is 11.5 Å². The fourth-order valence-electron chi connectivity index (χ4n) is 4.13. The molecule has 3 rings (SSSR count). The van der Waals surface area contributed by atoms with E-state index in [1.807, 2.05) is 6.07 Å². The van der Waals surface area contributed by atoms with Crippen molar-refractivity contribution in [1.82, 2.24) is 4.90 Å². The molecule has 1 unspecified atom stereocenters. The molecule has 0 bridgehead atoms. The second-order valence-electron chi connectivity index (χ2n) is 7.61. The Morgan fingerprint density at radius 3 is 2.25 bits per heavy atom. The Balaban J connectivity index is 1.99. The molecule has 2 aromatic carbocycles. The van der Waals surface area contributed by atoms with Crippen LogP contribution in [0.1, 0.15) is 35.2 Å². The van der Waals surface area contributed by atoms with Crippen molar-refractivity contribution >= 4 is 35.0 Å². The van der Waals surface area contributed by atoms with Gasteiger partial charge in [-0.2, -0.15) is 0 Å². The first-order valence-electron chi connectivity index (χ1n) is 10.0. The van der Waals surface area contributed by atoms with Gasteiger partial charge < -0.3 is 19.3 Å². The van der Waals surface area contributed by atoms with Crippen LogP contribution in [0.15, 0.2) is 30.3 Å². The van der Waals surface area contributed by atoms with Crippen molar-refractivity contribution in [3.8, 4) is 17.2 Å². The van der Waals surface area contributed by atoms with Crippen molar-refractivity contribution < 1.29 is 28.9 Å². The summed E-state index contributed by atoms with van der Waals surface area (Å²) in [5.41, 5.74) is 0.360. The number of benzene rings is 2. The van der Waals surface area contributed by atoms with Crippen molar-refractivity contribution in [3.05, 3.63) is 51.5 Å². The Morgan fingerprint density at radius 1 is 1.06 bits per heavy atom. The Morgan fingerprint density at radius 2 is 1.72 bits per heavy atom. The fraction of sp³-hybridized carbons (Fsp3) is 0.391. The standard InChI is InChI=1S/C23H25Cl2NO6/c1-30-18-9-14(10-19(31-2)21(18)32-3)22(29)26-13-23(7-4-8-27,12-20(26)28)15-5-6-16(24)17(25)11-15/h5-6,9-11,27H,4,7-8,12-13H2,1-3H3. The summed E-state index contributed by atoms with van der Waals surface area (Å²) in [4.78, 5) is 27.6. The zero-order valence-electron chi connectivity index (χ0n) is 18.1. The number of methoxy groups -OCH3 is 3. The molecule has 1 N–H and O–H groups in total. The second kappa shape index (κ2) is 9.98. The molecule has 0 saturated carbocycles. The van der Waals surface area contributed by atoms with Crippen molar-refractivity contribution in [3.63, 3.8) is 0 Å². The van der Waals surface area contributed by atoms with E-state index in [-0.39, 0.29) is 31.0 Å². The fourth-order valence-corrected chi connectivity index (χ4v) is 4.42. The van der Waals surface area contributed by atoms with E-state index in [2.05, 4.69) is 0 Å². The highest BCUT2D eigenvalue weighted by Gasteiger charge is 2.46. The topological polar surface area (TPSA) is 85.3 Å². The first-order valence-corrected chi connectivity index (χ1v) is 10.8. The van der Waals surface area contributed by atoms with Crippen molar-refractivity contribution in [2.45, 2.75) is 24.7 Å². The van der Waals surface area contributed by atoms with Gasteiger partial charge in [0.1, 0.15) is 0 Å². The van der Waals surface area contributed by atoms with Crippen molar-refractivity contribution in [1.29, 1.82) is 0 Å². The minimum absolute atomic E-state index is 0.0297. The molecule has 1 aliphatic heterocycles. The largest absolute Gasteiger partial charge is 0.493 e. The van der Waals surface area contributed by atoms with Crippen LogP contribution in [-0.4, -0.2) is 56.3 Å². The minimum Gasteiger partial charge on any atom is -0.493 e. The number of carbonyl (C=O) groups excluding carboxylic acids is 2. The summed E-state index contributed by atoms with van der Waals surface area (Å²) in [5, 5.41) is 10.2. The third-order valence-electron chi connectivity index (χ3n) is 5.75. The van der Waals surface area contributed by atoms with Gasteiger partial charge >= 0.3 is 0 Å². The molecule has 0 aromatic heterocycles. The lowest BCUT2D eigenvalue weighted by atomic mass is 9.76. The van der Waals surface area contributed by atoms with Crippen LogP contribution in [0.3, 0.4) is 0 Å². The van der Waals surface area contributed by atoms with Gasteiger partial charge in [0.25, 0.3) is 5.91 Å². The van der Waals surface area contributed by atoms with Gasteiger partial charge in [0.2, 0.25) is 11.7 Å². The number of rotatable bonds is 8. The average molecular weight is 482 g/mol. The maximum Gasteiger partial charge on any atom is 0.260 e. The number of ether oxygens (including phenoxy) is 3. The van der Waals surface area contributed by atoms with Crippen LogP contribution in [0.4, 0.5) is 0 Å². The van der Waals surface area contributed by atoms with Gasteiger partial charge in [-0.15, -0.1) is 0 Å². The highest BCUT2D eigenvalue weighted by molar-refractivity contribution is 6.42. The summed E-state index contributed by atoms with van der Waals surface area (Å²) < 4.78 is 16.0. The van der Waals surface area contributed by atoms with Crippen LogP contribution in [0.25, 0.3) is 0 Å². The average Bonchev–Trinajstić information content (AvgIpc) is 3.15. The van der Waals surface area contributed by atoms with Gasteiger partial charge in [0.05, 0.1) is 31.4 Å². The summed E-state index contributed by atoms with van der Waals surface area (Å²) in [5.74, 6) is 0.205. The highest BCUT2D eigenvalue weighted by Crippen LogP contribution is 2.43. The molecule has 7 nitrogen and oxygen atoms in total. The maximum absolute atomic E-state index is 13.4. The molecule has 32 heavy (non-hydrogen) atoms. The summed E-state index contributed by atoms with van der Waals surface area (Å²) in [6.07, 6.45) is 1.09. The number of halogens is 2. The van der Waals surface area contributed by atoms with Crippen LogP contribution >= 0.6 is 23.2 Å². The molecule has 172 valence electrons. The number of aliphatic hydroxyl groups is 1. The lowest BCUT2D eigenvalue weighted by molar-refractivity contribution is -0.125. The molecule has 1 saturated heterocycles. The molecule has 1 atom stereocenters. The van der Waals surface area contributed by atoms with Gasteiger partial charge in [-0.3, -0.25) is 14.5 Å². The lowest BCUT2D eigenvalue weighted by Crippen LogP contribution is -2.36. The lowest BCUT2D eigenvalue weighted by Gasteiger charge is -2.29. The number of likely N-dealkylation sites (tertiary alicyclic amines) is 1. The summed E-state index contributed by atoms with van der Waals surface area (Å²) in [6, 6.07) is 8.25. The third kappa shape index (κ3) is 4.51. The quantitative estimate of drug-likeness (QED) is 0.571. The van der Waals surface area contributed by atoms with Crippen LogP contribution in [0.5, 0.6) is 17.2 Å². The molecular formula is C23H25Cl2NO6. The molecule has 0 radical (unpaired) electrons. The van der Waals surface area contributed by atoms with E-state index in [1.54, 1.807) is 12.1 Å². The molecule has 2 amide bonds. The molecule has 9 heteroatoms. The van der Waals surface area contributed by atoms with Gasteiger partial charge in [-0.05, 0) is 42.7 Å². The van der Waals surface area contributed by atoms with Crippen molar-refractivity contribution in [2.75, 3.05) is 34.5 Å². The number of hydrogen-bond donors (Lipinski definition) is 1. The predicted octanol–water partition coefficient (Wildman–Crippen LogP) is 4.10. The summed E-state index contributed by atoms with van der Waals surface area (Å²) >= 11 is 12.3. The number of carbonyl (C=O) groups is 2. The normalized spacial score (nSPS) is 18.1. The number of hydrogen-bond acceptors (Lipinski definition) is 6. The minimum atomic E-state index is -0.676. The third-order valence-corrected chi connectivity index (χ3v) is 6.49. The Hall–Kier alpha value is -2.48. The number of imide groups is 1. The first-order chi connectivity index (χ1) is 15.3. The first kappa shape index (κ1) is 24.2. The van der Waals surface area contributed by atoms with Crippen LogP contribution in [0, 0.1) is 0 Å². The molecule has 1 heterocycles. The van der Waals surface area contributed by atoms with Gasteiger partial charge in [0, 0.05) is 30.6 Å². The van der Waals surface area contributed by atoms with E-state index in [4.69, 9.17) is 37.4 Å². The molecule has 2 aromatic rings. The number of aliphatic hydroxyl groups excluding tert-OH is 1. The molecule has 0 spiro atoms. The summed E-state index contributed by atoms with van der Waals surface area (Å²) in [6.45, 7) is 0.122. The van der Waals surface area contributed by atoms with Gasteiger partial charge in [-0.25, -0.2) is 0 Å². The van der Waals surface area contributed by atoms with Crippen LogP contribution in [0.2, 0.25) is 10.0 Å². The highest BCUT2D eigenvalue weighted by atomic mass is 35.5. The van der Waals surface area contributed by atoms with E-state index in [0.29, 0.717) is 40.1 Å². The van der Waals surface area contributed by atoms with Crippen molar-refractivity contribution in [2.24, 2.45) is 0 Å². The van der Waals surface area contributed by atoms with E-state index in [0.717, 1.165) is 5.56 Å². The smallest absolute Gasteiger partial charge is 0.260 e. The van der Waals surface area contributed by atoms with E-state index < -0.39 is 11.3 Å². The zero-order valence-corrected chi connectivity index (χ0v) is 19.6. The van der Waals surface area contributed by atoms with E-state index in [9.17, 15) is 14.7 Å². The van der Waals surface area contributed by atoms with Crippen LogP contribution < -0.4 is 14.2 Å². The Labute approximate surface area is 196 Å². The Kier molecular flexibility index (Phi) is 7.54. The SMILES string of the molecule is COc1cc(C(=O)N2CC(CCCO)(c3ccc(Cl)c(Cl)c3)CC2=O)cc(OC)c1OC. The summed E-state index contributed by atoms with van der Waals surface area (Å²) in [7, 11) is 4.38. The van der Waals surface area contributed by atoms with E-state index >= 15 is 0 Å². The second-order valence-corrected chi connectivity index (χ2v) is 8.43. The molecule has 0 aliphatic carbocycles. The van der Waals surface area contributed by atoms with Gasteiger partial charge in [-0.1, -0.05) is 29.3 Å². The van der Waals surface area contributed by atoms with Crippen LogP contribution in [-0.2, 0) is 10.2 Å². The molecular weight excluding hydrogens is 457 g/mol. The van der Waals surface area contributed by atoms with E-state index in [1.165, 1.54) is 38.4 Å². The molecule has 1 fully saturated rings. The Bertz CT molecular complexity index is 1000. The predicted molar refractivity (Wildman–Crippen MR) is 121 cm³/mol. The number of nitrogens with zero attached hydrogens (tertiary/aromatic N) is 1. The molecule has 1 aliphatic rings. The monoisotopic (exact) mass is 481 g/mol.